The van der Waals surface area contributed by atoms with Crippen LogP contribution < -0.4 is 0 Å². The van der Waals surface area contributed by atoms with E-state index in [1.165, 1.54) is 5.56 Å². The maximum atomic E-state index is 10.6. The van der Waals surface area contributed by atoms with Gasteiger partial charge in [0.15, 0.2) is 0 Å². The third kappa shape index (κ3) is 2.83. The van der Waals surface area contributed by atoms with Crippen LogP contribution in [0, 0.1) is 27.7 Å². The third-order valence-electron chi connectivity index (χ3n) is 3.51. The Balaban J connectivity index is 2.49. The van der Waals surface area contributed by atoms with Crippen LogP contribution in [0.5, 0.6) is 0 Å². The second kappa shape index (κ2) is 5.36. The van der Waals surface area contributed by atoms with Gasteiger partial charge in [-0.25, -0.2) is 0 Å². The first-order valence-electron chi connectivity index (χ1n) is 6.42. The Hall–Kier alpha value is -1.31. The van der Waals surface area contributed by atoms with Crippen LogP contribution in [-0.4, -0.2) is 5.11 Å². The molecule has 2 aromatic carbocycles. The summed E-state index contributed by atoms with van der Waals surface area (Å²) < 4.78 is 0. The fourth-order valence-corrected chi connectivity index (χ4v) is 2.74. The highest BCUT2D eigenvalue weighted by molar-refractivity contribution is 6.31. The fraction of sp³-hybridized carbons (Fsp3) is 0.294. The van der Waals surface area contributed by atoms with E-state index in [1.807, 2.05) is 39.0 Å². The third-order valence-corrected chi connectivity index (χ3v) is 3.93. The lowest BCUT2D eigenvalue weighted by Gasteiger charge is -2.18. The van der Waals surface area contributed by atoms with E-state index in [9.17, 15) is 5.11 Å². The average Bonchev–Trinajstić information content (AvgIpc) is 2.31. The molecule has 0 aliphatic rings. The molecular weight excluding hydrogens is 256 g/mol. The zero-order valence-electron chi connectivity index (χ0n) is 11.8. The Morgan fingerprint density at radius 3 is 2.00 bits per heavy atom. The van der Waals surface area contributed by atoms with Crippen LogP contribution >= 0.6 is 11.6 Å². The summed E-state index contributed by atoms with van der Waals surface area (Å²) in [6.45, 7) is 8.11. The van der Waals surface area contributed by atoms with Gasteiger partial charge in [0.1, 0.15) is 6.10 Å². The number of aryl methyl sites for hydroxylation is 4. The zero-order chi connectivity index (χ0) is 14.2. The molecule has 0 heterocycles. The standard InChI is InChI=1S/C17H19ClO/c1-10-7-12(3)16(13(4)8-10)17(19)14-5-6-15(18)11(2)9-14/h5-9,17,19H,1-4H3. The Bertz CT molecular complexity index is 594. The van der Waals surface area contributed by atoms with Gasteiger partial charge in [-0.05, 0) is 61.6 Å². The summed E-state index contributed by atoms with van der Waals surface area (Å²) in [5, 5.41) is 11.3. The van der Waals surface area contributed by atoms with Crippen LogP contribution in [0.2, 0.25) is 5.02 Å². The van der Waals surface area contributed by atoms with Crippen LogP contribution in [0.15, 0.2) is 30.3 Å². The number of hydrogen-bond acceptors (Lipinski definition) is 1. The van der Waals surface area contributed by atoms with E-state index in [0.29, 0.717) is 0 Å². The van der Waals surface area contributed by atoms with E-state index in [4.69, 9.17) is 11.6 Å². The maximum Gasteiger partial charge on any atom is 0.105 e. The Morgan fingerprint density at radius 2 is 1.47 bits per heavy atom. The van der Waals surface area contributed by atoms with Gasteiger partial charge >= 0.3 is 0 Å². The number of aliphatic hydroxyl groups excluding tert-OH is 1. The van der Waals surface area contributed by atoms with E-state index >= 15 is 0 Å². The summed E-state index contributed by atoms with van der Waals surface area (Å²) in [5.41, 5.74) is 6.33. The predicted octanol–water partition coefficient (Wildman–Crippen LogP) is 4.66. The van der Waals surface area contributed by atoms with Crippen molar-refractivity contribution < 1.29 is 5.11 Å². The Labute approximate surface area is 119 Å². The average molecular weight is 275 g/mol. The van der Waals surface area contributed by atoms with Gasteiger partial charge < -0.3 is 5.11 Å². The van der Waals surface area contributed by atoms with Gasteiger partial charge in [-0.15, -0.1) is 0 Å². The molecule has 0 saturated carbocycles. The SMILES string of the molecule is Cc1cc(C)c(C(O)c2ccc(Cl)c(C)c2)c(C)c1. The largest absolute Gasteiger partial charge is 0.384 e. The highest BCUT2D eigenvalue weighted by Crippen LogP contribution is 2.30. The van der Waals surface area contributed by atoms with Crippen molar-refractivity contribution in [2.45, 2.75) is 33.8 Å². The van der Waals surface area contributed by atoms with E-state index in [2.05, 4.69) is 19.1 Å². The Morgan fingerprint density at radius 1 is 0.895 bits per heavy atom. The number of aliphatic hydroxyl groups is 1. The normalized spacial score (nSPS) is 12.5. The van der Waals surface area contributed by atoms with Gasteiger partial charge in [-0.1, -0.05) is 41.4 Å². The summed E-state index contributed by atoms with van der Waals surface area (Å²) in [6, 6.07) is 9.89. The van der Waals surface area contributed by atoms with Gasteiger partial charge in [0, 0.05) is 5.02 Å². The number of benzene rings is 2. The number of hydrogen-bond donors (Lipinski definition) is 1. The van der Waals surface area contributed by atoms with Gasteiger partial charge in [-0.2, -0.15) is 0 Å². The van der Waals surface area contributed by atoms with Crippen LogP contribution in [0.1, 0.15) is 39.5 Å². The molecule has 0 saturated heterocycles. The first-order valence-corrected chi connectivity index (χ1v) is 6.80. The molecule has 0 aliphatic carbocycles. The number of rotatable bonds is 2. The van der Waals surface area contributed by atoms with Crippen LogP contribution in [0.4, 0.5) is 0 Å². The molecular formula is C17H19ClO. The van der Waals surface area contributed by atoms with Gasteiger partial charge in [0.2, 0.25) is 0 Å². The molecule has 2 aromatic rings. The molecule has 1 nitrogen and oxygen atoms in total. The lowest BCUT2D eigenvalue weighted by atomic mass is 9.91. The van der Waals surface area contributed by atoms with Gasteiger partial charge in [0.05, 0.1) is 0 Å². The quantitative estimate of drug-likeness (QED) is 0.845. The Kier molecular flexibility index (Phi) is 3.98. The molecule has 0 radical (unpaired) electrons. The summed E-state index contributed by atoms with van der Waals surface area (Å²) in [6.07, 6.45) is -0.600. The molecule has 2 heteroatoms. The number of halogens is 1. The summed E-state index contributed by atoms with van der Waals surface area (Å²) in [4.78, 5) is 0. The smallest absolute Gasteiger partial charge is 0.105 e. The van der Waals surface area contributed by atoms with E-state index in [0.717, 1.165) is 32.8 Å². The van der Waals surface area contributed by atoms with Crippen LogP contribution in [0.3, 0.4) is 0 Å². The van der Waals surface area contributed by atoms with Crippen molar-refractivity contribution in [1.82, 2.24) is 0 Å². The summed E-state index contributed by atoms with van der Waals surface area (Å²) in [7, 11) is 0. The maximum absolute atomic E-state index is 10.6. The van der Waals surface area contributed by atoms with Crippen molar-refractivity contribution in [2.75, 3.05) is 0 Å². The first-order chi connectivity index (χ1) is 8.90. The molecule has 0 spiro atoms. The predicted molar refractivity (Wildman–Crippen MR) is 80.9 cm³/mol. The zero-order valence-corrected chi connectivity index (χ0v) is 12.5. The minimum Gasteiger partial charge on any atom is -0.384 e. The lowest BCUT2D eigenvalue weighted by molar-refractivity contribution is 0.218. The van der Waals surface area contributed by atoms with Gasteiger partial charge in [-0.3, -0.25) is 0 Å². The molecule has 0 amide bonds. The highest BCUT2D eigenvalue weighted by atomic mass is 35.5. The molecule has 0 aromatic heterocycles. The van der Waals surface area contributed by atoms with Crippen molar-refractivity contribution in [3.05, 3.63) is 68.7 Å². The second-order valence-electron chi connectivity index (χ2n) is 5.22. The monoisotopic (exact) mass is 274 g/mol. The molecule has 1 N–H and O–H groups in total. The molecule has 1 atom stereocenters. The molecule has 0 fully saturated rings. The first kappa shape index (κ1) is 14.1. The van der Waals surface area contributed by atoms with Crippen molar-refractivity contribution >= 4 is 11.6 Å². The highest BCUT2D eigenvalue weighted by Gasteiger charge is 2.16. The van der Waals surface area contributed by atoms with Gasteiger partial charge in [0.25, 0.3) is 0 Å². The molecule has 1 unspecified atom stereocenters. The van der Waals surface area contributed by atoms with E-state index in [-0.39, 0.29) is 0 Å². The van der Waals surface area contributed by atoms with Crippen LogP contribution in [-0.2, 0) is 0 Å². The van der Waals surface area contributed by atoms with E-state index < -0.39 is 6.10 Å². The second-order valence-corrected chi connectivity index (χ2v) is 5.63. The van der Waals surface area contributed by atoms with E-state index in [1.54, 1.807) is 0 Å². The van der Waals surface area contributed by atoms with Crippen molar-refractivity contribution in [3.8, 4) is 0 Å². The molecule has 19 heavy (non-hydrogen) atoms. The fourth-order valence-electron chi connectivity index (χ4n) is 2.63. The topological polar surface area (TPSA) is 20.2 Å². The molecule has 100 valence electrons. The summed E-state index contributed by atoms with van der Waals surface area (Å²) in [5.74, 6) is 0. The van der Waals surface area contributed by atoms with Crippen LogP contribution in [0.25, 0.3) is 0 Å². The molecule has 0 bridgehead atoms. The molecule has 2 rings (SSSR count). The minimum absolute atomic E-state index is 0.600. The van der Waals surface area contributed by atoms with Crippen molar-refractivity contribution in [3.63, 3.8) is 0 Å². The lowest BCUT2D eigenvalue weighted by Crippen LogP contribution is -2.05. The summed E-state index contributed by atoms with van der Waals surface area (Å²) >= 11 is 6.03. The van der Waals surface area contributed by atoms with Crippen molar-refractivity contribution in [2.24, 2.45) is 0 Å². The van der Waals surface area contributed by atoms with Crippen molar-refractivity contribution in [1.29, 1.82) is 0 Å². The minimum atomic E-state index is -0.600. The molecule has 0 aliphatic heterocycles.